The van der Waals surface area contributed by atoms with Crippen LogP contribution in [0.15, 0.2) is 249 Å². The van der Waals surface area contributed by atoms with Crippen LogP contribution >= 0.6 is 0 Å². The minimum atomic E-state index is 0.294. The van der Waals surface area contributed by atoms with E-state index in [0.29, 0.717) is 5.92 Å². The highest BCUT2D eigenvalue weighted by Crippen LogP contribution is 2.45. The number of nitrogens with zero attached hydrogens (tertiary/aromatic N) is 2. The molecule has 0 bridgehead atoms. The molecule has 302 valence electrons. The van der Waals surface area contributed by atoms with Gasteiger partial charge in [0.25, 0.3) is 0 Å². The van der Waals surface area contributed by atoms with Gasteiger partial charge in [-0.15, -0.1) is 0 Å². The Morgan fingerprint density at radius 1 is 0.359 bits per heavy atom. The molecule has 11 aromatic rings. The van der Waals surface area contributed by atoms with Gasteiger partial charge < -0.3 is 9.47 Å². The molecule has 0 saturated carbocycles. The van der Waals surface area contributed by atoms with Crippen molar-refractivity contribution in [3.05, 3.63) is 254 Å². The summed E-state index contributed by atoms with van der Waals surface area (Å²) in [6.45, 7) is 0. The van der Waals surface area contributed by atoms with Gasteiger partial charge in [-0.05, 0) is 134 Å². The second kappa shape index (κ2) is 15.9. The van der Waals surface area contributed by atoms with Crippen LogP contribution in [-0.2, 0) is 0 Å². The lowest BCUT2D eigenvalue weighted by Crippen LogP contribution is -2.10. The topological polar surface area (TPSA) is 8.17 Å². The zero-order chi connectivity index (χ0) is 42.4. The third-order valence-electron chi connectivity index (χ3n) is 13.1. The molecule has 1 aliphatic rings. The number of anilines is 3. The Morgan fingerprint density at radius 3 is 1.42 bits per heavy atom. The molecule has 10 aromatic carbocycles. The average molecular weight is 817 g/mol. The van der Waals surface area contributed by atoms with Crippen LogP contribution in [0.4, 0.5) is 17.1 Å². The van der Waals surface area contributed by atoms with Gasteiger partial charge in [0, 0.05) is 39.4 Å². The maximum absolute atomic E-state index is 2.44. The minimum absolute atomic E-state index is 0.294. The SMILES string of the molecule is C1=CCC(c2c3ccccc3c(-c3ccccc3)c3ccc(-c4ccc(N(c5ccc(-c6ccccc6)cc5)c5ccc(-n6c7ccccc7c7ccccc76)cc5)cc4)cc23)C=C1. The fraction of sp³-hybridized carbons (Fsp3) is 0.0323. The third kappa shape index (κ3) is 6.51. The number of fused-ring (bicyclic) bond motifs is 5. The van der Waals surface area contributed by atoms with Gasteiger partial charge in [0.15, 0.2) is 0 Å². The number of hydrogen-bond acceptors (Lipinski definition) is 1. The molecule has 1 unspecified atom stereocenters. The van der Waals surface area contributed by atoms with Crippen molar-refractivity contribution in [3.8, 4) is 39.1 Å². The highest BCUT2D eigenvalue weighted by molar-refractivity contribution is 6.16. The summed E-state index contributed by atoms with van der Waals surface area (Å²) in [4.78, 5) is 2.37. The number of rotatable bonds is 8. The van der Waals surface area contributed by atoms with Gasteiger partial charge in [0.1, 0.15) is 0 Å². The van der Waals surface area contributed by atoms with E-state index in [0.717, 1.165) is 29.2 Å². The summed E-state index contributed by atoms with van der Waals surface area (Å²) in [7, 11) is 0. The van der Waals surface area contributed by atoms with Crippen LogP contribution in [0.25, 0.3) is 82.4 Å². The van der Waals surface area contributed by atoms with E-state index in [1.165, 1.54) is 82.3 Å². The van der Waals surface area contributed by atoms with Crippen LogP contribution in [0.1, 0.15) is 17.9 Å². The van der Waals surface area contributed by atoms with E-state index < -0.39 is 0 Å². The summed E-state index contributed by atoms with van der Waals surface area (Å²) in [5, 5.41) is 7.75. The molecule has 0 aliphatic heterocycles. The lowest BCUT2D eigenvalue weighted by Gasteiger charge is -2.26. The Kier molecular flexibility index (Phi) is 9.34. The van der Waals surface area contributed by atoms with E-state index >= 15 is 0 Å². The fourth-order valence-electron chi connectivity index (χ4n) is 10.1. The van der Waals surface area contributed by atoms with E-state index in [9.17, 15) is 0 Å². The second-order valence-electron chi connectivity index (χ2n) is 16.8. The van der Waals surface area contributed by atoms with Crippen molar-refractivity contribution < 1.29 is 0 Å². The Hall–Kier alpha value is -8.20. The summed E-state index contributed by atoms with van der Waals surface area (Å²) >= 11 is 0. The molecule has 0 spiro atoms. The first-order valence-corrected chi connectivity index (χ1v) is 22.3. The molecule has 2 nitrogen and oxygen atoms in total. The Morgan fingerprint density at radius 2 is 0.828 bits per heavy atom. The molecular weight excluding hydrogens is 773 g/mol. The Labute approximate surface area is 373 Å². The number of aromatic nitrogens is 1. The summed E-state index contributed by atoms with van der Waals surface area (Å²) < 4.78 is 2.38. The van der Waals surface area contributed by atoms with Crippen LogP contribution in [0, 0.1) is 0 Å². The fourth-order valence-corrected chi connectivity index (χ4v) is 10.1. The molecule has 12 rings (SSSR count). The van der Waals surface area contributed by atoms with Crippen LogP contribution < -0.4 is 4.90 Å². The van der Waals surface area contributed by atoms with Gasteiger partial charge >= 0.3 is 0 Å². The maximum Gasteiger partial charge on any atom is 0.0541 e. The van der Waals surface area contributed by atoms with E-state index in [-0.39, 0.29) is 0 Å². The van der Waals surface area contributed by atoms with E-state index in [1.54, 1.807) is 0 Å². The molecule has 0 radical (unpaired) electrons. The van der Waals surface area contributed by atoms with E-state index in [4.69, 9.17) is 0 Å². The number of para-hydroxylation sites is 2. The van der Waals surface area contributed by atoms with Crippen molar-refractivity contribution in [2.24, 2.45) is 0 Å². The van der Waals surface area contributed by atoms with Crippen LogP contribution in [0.3, 0.4) is 0 Å². The van der Waals surface area contributed by atoms with E-state index in [1.807, 2.05) is 0 Å². The number of hydrogen-bond donors (Lipinski definition) is 0. The predicted octanol–water partition coefficient (Wildman–Crippen LogP) is 17.2. The van der Waals surface area contributed by atoms with E-state index in [2.05, 4.69) is 258 Å². The highest BCUT2D eigenvalue weighted by atomic mass is 15.1. The van der Waals surface area contributed by atoms with Gasteiger partial charge in [-0.25, -0.2) is 0 Å². The molecular formula is C62H44N2. The molecule has 0 saturated heterocycles. The zero-order valence-corrected chi connectivity index (χ0v) is 35.4. The summed E-state index contributed by atoms with van der Waals surface area (Å²) in [5.41, 5.74) is 15.6. The molecule has 2 heteroatoms. The first-order valence-electron chi connectivity index (χ1n) is 22.3. The zero-order valence-electron chi connectivity index (χ0n) is 35.4. The maximum atomic E-state index is 2.44. The van der Waals surface area contributed by atoms with Gasteiger partial charge in [0.05, 0.1) is 11.0 Å². The second-order valence-corrected chi connectivity index (χ2v) is 16.8. The summed E-state index contributed by atoms with van der Waals surface area (Å²) in [6, 6.07) is 82.1. The molecule has 1 atom stereocenters. The lowest BCUT2D eigenvalue weighted by molar-refractivity contribution is 0.870. The van der Waals surface area contributed by atoms with Crippen molar-refractivity contribution in [2.75, 3.05) is 4.90 Å². The molecule has 1 aliphatic carbocycles. The third-order valence-corrected chi connectivity index (χ3v) is 13.1. The quantitative estimate of drug-likeness (QED) is 0.139. The van der Waals surface area contributed by atoms with Crippen LogP contribution in [0.2, 0.25) is 0 Å². The lowest BCUT2D eigenvalue weighted by atomic mass is 9.81. The van der Waals surface area contributed by atoms with Crippen molar-refractivity contribution in [3.63, 3.8) is 0 Å². The number of benzene rings is 10. The van der Waals surface area contributed by atoms with Gasteiger partial charge in [-0.2, -0.15) is 0 Å². The monoisotopic (exact) mass is 816 g/mol. The predicted molar refractivity (Wildman–Crippen MR) is 272 cm³/mol. The first-order chi connectivity index (χ1) is 31.8. The minimum Gasteiger partial charge on any atom is -0.311 e. The summed E-state index contributed by atoms with van der Waals surface area (Å²) in [6.07, 6.45) is 10.1. The van der Waals surface area contributed by atoms with Crippen molar-refractivity contribution in [1.82, 2.24) is 4.57 Å². The average Bonchev–Trinajstić information content (AvgIpc) is 3.71. The van der Waals surface area contributed by atoms with Gasteiger partial charge in [-0.3, -0.25) is 0 Å². The summed E-state index contributed by atoms with van der Waals surface area (Å²) in [5.74, 6) is 0.294. The molecule has 1 aromatic heterocycles. The number of allylic oxidation sites excluding steroid dienone is 4. The Balaban J connectivity index is 0.971. The van der Waals surface area contributed by atoms with Gasteiger partial charge in [0.2, 0.25) is 0 Å². The largest absolute Gasteiger partial charge is 0.311 e. The molecule has 64 heavy (non-hydrogen) atoms. The van der Waals surface area contributed by atoms with Crippen molar-refractivity contribution in [2.45, 2.75) is 12.3 Å². The highest BCUT2D eigenvalue weighted by Gasteiger charge is 2.22. The van der Waals surface area contributed by atoms with Crippen LogP contribution in [-0.4, -0.2) is 4.57 Å². The van der Waals surface area contributed by atoms with Crippen molar-refractivity contribution in [1.29, 1.82) is 0 Å². The standard InChI is InChI=1S/C62H44N2/c1-4-16-43(17-5-1)44-28-33-49(34-29-44)63(51-37-39-52(40-38-51)64-59-26-14-12-22-53(59)54-23-13-15-27-60(54)64)50-35-30-45(31-36-50)48-32-41-57-58(42-48)62(47-20-8-3-9-21-47)56-25-11-10-24-55(56)61(57)46-18-6-2-7-19-46/h1-20,22-42,47H,21H2. The normalized spacial score (nSPS) is 13.6. The smallest absolute Gasteiger partial charge is 0.0541 e. The van der Waals surface area contributed by atoms with Crippen molar-refractivity contribution >= 4 is 60.4 Å². The van der Waals surface area contributed by atoms with Gasteiger partial charge in [-0.1, -0.05) is 182 Å². The molecule has 0 amide bonds. The molecule has 1 heterocycles. The van der Waals surface area contributed by atoms with Crippen LogP contribution in [0.5, 0.6) is 0 Å². The molecule has 0 fully saturated rings. The Bertz CT molecular complexity index is 3490. The first kappa shape index (κ1) is 37.6. The molecule has 0 N–H and O–H groups in total.